The van der Waals surface area contributed by atoms with Crippen molar-refractivity contribution in [2.24, 2.45) is 29.1 Å². The van der Waals surface area contributed by atoms with Gasteiger partial charge in [-0.3, -0.25) is 4.79 Å². The maximum atomic E-state index is 13.8. The van der Waals surface area contributed by atoms with Crippen LogP contribution in [0, 0.1) is 29.1 Å². The van der Waals surface area contributed by atoms with Crippen LogP contribution in [0.4, 0.5) is 5.69 Å². The smallest absolute Gasteiger partial charge is 0.193 e. The number of fused-ring (bicyclic) bond motifs is 7. The molecule has 12 atom stereocenters. The summed E-state index contributed by atoms with van der Waals surface area (Å²) in [7, 11) is 1.87. The molecule has 0 bridgehead atoms. The van der Waals surface area contributed by atoms with Crippen molar-refractivity contribution in [2.45, 2.75) is 101 Å². The van der Waals surface area contributed by atoms with Crippen molar-refractivity contribution in [1.29, 1.82) is 0 Å². The van der Waals surface area contributed by atoms with Gasteiger partial charge in [0, 0.05) is 47.4 Å². The van der Waals surface area contributed by atoms with Gasteiger partial charge in [-0.1, -0.05) is 45.0 Å². The number of Topliss-reactive ketones (excluding diaryl/α,β-unsaturated/α-hetero) is 1. The Bertz CT molecular complexity index is 1360. The summed E-state index contributed by atoms with van der Waals surface area (Å²) >= 11 is 0. The Balaban J connectivity index is 1.37. The number of aliphatic hydroxyl groups excluding tert-OH is 1. The third-order valence-corrected chi connectivity index (χ3v) is 11.8. The van der Waals surface area contributed by atoms with E-state index in [4.69, 9.17) is 18.9 Å². The average molecular weight is 570 g/mol. The molecule has 1 spiro atoms. The van der Waals surface area contributed by atoms with Gasteiger partial charge in [0.25, 0.3) is 0 Å². The van der Waals surface area contributed by atoms with Crippen molar-refractivity contribution in [3.05, 3.63) is 41.5 Å². The third-order valence-electron chi connectivity index (χ3n) is 11.8. The Morgan fingerprint density at radius 3 is 2.49 bits per heavy atom. The third kappa shape index (κ3) is 3.04. The van der Waals surface area contributed by atoms with Crippen LogP contribution in [-0.4, -0.2) is 81.3 Å². The minimum Gasteiger partial charge on any atom is -0.390 e. The number of carbonyl (C=O) groups is 1. The molecule has 6 aliphatic rings. The summed E-state index contributed by atoms with van der Waals surface area (Å²) in [6.45, 7) is 13.2. The predicted molar refractivity (Wildman–Crippen MR) is 149 cm³/mol. The minimum absolute atomic E-state index is 0.118. The molecule has 2 heterocycles. The van der Waals surface area contributed by atoms with E-state index in [-0.39, 0.29) is 18.6 Å². The normalized spacial score (nSPS) is 50.7. The first-order valence-corrected chi connectivity index (χ1v) is 14.9. The monoisotopic (exact) mass is 569 g/mol. The summed E-state index contributed by atoms with van der Waals surface area (Å²) in [5, 5.41) is 40.8. The van der Waals surface area contributed by atoms with Crippen molar-refractivity contribution < 1.29 is 39.1 Å². The van der Waals surface area contributed by atoms with Gasteiger partial charge in [0.1, 0.15) is 17.3 Å². The number of ether oxygens (including phenoxy) is 4. The van der Waals surface area contributed by atoms with Gasteiger partial charge in [-0.15, -0.1) is 0 Å². The van der Waals surface area contributed by atoms with E-state index in [1.165, 1.54) is 0 Å². The maximum absolute atomic E-state index is 13.8. The summed E-state index contributed by atoms with van der Waals surface area (Å²) in [5.41, 5.74) is -4.13. The number of hydrogen-bond acceptors (Lipinski definition) is 9. The molecule has 9 heteroatoms. The first-order valence-electron chi connectivity index (χ1n) is 14.9. The highest BCUT2D eigenvalue weighted by Crippen LogP contribution is 2.80. The fraction of sp³-hybridized carbons (Fsp3) is 0.719. The van der Waals surface area contributed by atoms with Gasteiger partial charge in [0.2, 0.25) is 0 Å². The molecule has 1 aromatic rings. The van der Waals surface area contributed by atoms with E-state index < -0.39 is 75.5 Å². The predicted octanol–water partition coefficient (Wildman–Crippen LogP) is 2.74. The molecule has 1 aromatic carbocycles. The van der Waals surface area contributed by atoms with Crippen LogP contribution < -0.4 is 5.32 Å². The van der Waals surface area contributed by atoms with Gasteiger partial charge >= 0.3 is 0 Å². The number of carbonyl (C=O) groups excluding carboxylic acids is 1. The van der Waals surface area contributed by atoms with E-state index in [0.29, 0.717) is 5.57 Å². The molecule has 3 saturated carbocycles. The van der Waals surface area contributed by atoms with Crippen LogP contribution >= 0.6 is 0 Å². The quantitative estimate of drug-likeness (QED) is 0.405. The minimum atomic E-state index is -2.07. The van der Waals surface area contributed by atoms with Crippen LogP contribution in [0.25, 0.3) is 0 Å². The maximum Gasteiger partial charge on any atom is 0.193 e. The van der Waals surface area contributed by atoms with Crippen LogP contribution in [0.3, 0.4) is 0 Å². The zero-order valence-electron chi connectivity index (χ0n) is 25.1. The summed E-state index contributed by atoms with van der Waals surface area (Å²) in [4.78, 5) is 13.8. The van der Waals surface area contributed by atoms with Crippen LogP contribution in [0.2, 0.25) is 0 Å². The molecule has 224 valence electrons. The number of hydrogen-bond donors (Lipinski definition) is 4. The molecule has 2 aliphatic heterocycles. The second-order valence-electron chi connectivity index (χ2n) is 14.4. The van der Waals surface area contributed by atoms with Crippen molar-refractivity contribution in [3.8, 4) is 0 Å². The van der Waals surface area contributed by atoms with E-state index in [2.05, 4.69) is 19.2 Å². The Kier molecular flexibility index (Phi) is 5.45. The molecule has 0 amide bonds. The molecule has 9 nitrogen and oxygen atoms in total. The van der Waals surface area contributed by atoms with Gasteiger partial charge in [-0.25, -0.2) is 0 Å². The Hall–Kier alpha value is -1.85. The van der Waals surface area contributed by atoms with Crippen LogP contribution in [-0.2, 0) is 23.7 Å². The fourth-order valence-corrected chi connectivity index (χ4v) is 9.74. The second-order valence-corrected chi connectivity index (χ2v) is 14.4. The number of aliphatic hydroxyl groups is 3. The van der Waals surface area contributed by atoms with E-state index in [1.807, 2.05) is 38.2 Å². The lowest BCUT2D eigenvalue weighted by Gasteiger charge is -2.54. The highest BCUT2D eigenvalue weighted by Gasteiger charge is 2.92. The van der Waals surface area contributed by atoms with E-state index in [0.717, 1.165) is 11.3 Å². The number of rotatable bonds is 4. The molecule has 2 saturated heterocycles. The van der Waals surface area contributed by atoms with Gasteiger partial charge in [-0.05, 0) is 39.3 Å². The molecular formula is C32H43NO8. The van der Waals surface area contributed by atoms with Crippen molar-refractivity contribution in [2.75, 3.05) is 19.0 Å². The molecule has 41 heavy (non-hydrogen) atoms. The lowest BCUT2D eigenvalue weighted by atomic mass is 9.58. The van der Waals surface area contributed by atoms with Gasteiger partial charge in [0.05, 0.1) is 30.5 Å². The first-order chi connectivity index (χ1) is 19.1. The van der Waals surface area contributed by atoms with Crippen molar-refractivity contribution in [1.82, 2.24) is 0 Å². The van der Waals surface area contributed by atoms with Crippen molar-refractivity contribution in [3.63, 3.8) is 0 Å². The highest BCUT2D eigenvalue weighted by atomic mass is 16.8. The zero-order chi connectivity index (χ0) is 29.7. The average Bonchev–Trinajstić information content (AvgIpc) is 3.74. The van der Waals surface area contributed by atoms with Gasteiger partial charge < -0.3 is 39.6 Å². The van der Waals surface area contributed by atoms with Gasteiger partial charge in [0.15, 0.2) is 17.2 Å². The van der Waals surface area contributed by atoms with Crippen molar-refractivity contribution >= 4 is 11.5 Å². The Morgan fingerprint density at radius 2 is 1.80 bits per heavy atom. The standard InChI is InChI=1S/C32H43NO8/c1-15-13-20-30(36)16(2)24(35)32(39-17(3)18-11-9-10-12-19(18)33-8)22(27(32,4)5)21(30)25-29(40-25)14-38-28(6,7)41-26(29)31(20,37)23(15)34/h9-13,16-17,20-22,24-26,33,35-37H,14H2,1-8H3/t16-,17?,20+,21-,22-,24-,25+,26-,29+,30+,31-,32-/m1/s1. The lowest BCUT2D eigenvalue weighted by molar-refractivity contribution is -0.330. The summed E-state index contributed by atoms with van der Waals surface area (Å²) in [5.74, 6) is -4.20. The number of anilines is 1. The number of epoxide rings is 1. The molecule has 4 aliphatic carbocycles. The molecule has 5 fully saturated rings. The molecule has 4 N–H and O–H groups in total. The van der Waals surface area contributed by atoms with Crippen LogP contribution in [0.5, 0.6) is 0 Å². The Labute approximate surface area is 241 Å². The number of ketones is 1. The SMILES string of the molecule is CNc1ccccc1C(C)O[C@@]12[C@H](O)[C@@H](C)[C@@]3(O)[C@H]([C@@H]1C2(C)C)[C@@H]1O[C@@]12COC(C)(C)O[C@H]2[C@]1(O)C(=O)C(C)=C[C@H]13. The van der Waals surface area contributed by atoms with E-state index in [1.54, 1.807) is 33.8 Å². The summed E-state index contributed by atoms with van der Waals surface area (Å²) < 4.78 is 25.9. The molecule has 7 rings (SSSR count). The fourth-order valence-electron chi connectivity index (χ4n) is 9.74. The topological polar surface area (TPSA) is 130 Å². The zero-order valence-corrected chi connectivity index (χ0v) is 25.1. The number of nitrogens with one attached hydrogen (secondary N) is 1. The van der Waals surface area contributed by atoms with Crippen LogP contribution in [0.15, 0.2) is 35.9 Å². The lowest BCUT2D eigenvalue weighted by Crippen LogP contribution is -2.70. The Morgan fingerprint density at radius 1 is 1.12 bits per heavy atom. The number of para-hydroxylation sites is 1. The van der Waals surface area contributed by atoms with Gasteiger partial charge in [-0.2, -0.15) is 0 Å². The highest BCUT2D eigenvalue weighted by molar-refractivity contribution is 6.05. The molecular weight excluding hydrogens is 526 g/mol. The first kappa shape index (κ1) is 28.0. The molecule has 0 radical (unpaired) electrons. The molecule has 0 aromatic heterocycles. The largest absolute Gasteiger partial charge is 0.390 e. The summed E-state index contributed by atoms with van der Waals surface area (Å²) in [6, 6.07) is 7.93. The second kappa shape index (κ2) is 8.00. The van der Waals surface area contributed by atoms with E-state index in [9.17, 15) is 20.1 Å². The van der Waals surface area contributed by atoms with Crippen LogP contribution in [0.1, 0.15) is 60.1 Å². The summed E-state index contributed by atoms with van der Waals surface area (Å²) in [6.07, 6.45) is -1.36. The van der Waals surface area contributed by atoms with E-state index >= 15 is 0 Å². The molecule has 1 unspecified atom stereocenters. The number of benzene rings is 1.